The van der Waals surface area contributed by atoms with Gasteiger partial charge in [0.2, 0.25) is 0 Å². The van der Waals surface area contributed by atoms with Crippen molar-refractivity contribution in [3.8, 4) is 0 Å². The van der Waals surface area contributed by atoms with Crippen molar-refractivity contribution in [3.05, 3.63) is 33.6 Å². The third kappa shape index (κ3) is 1.45. The highest BCUT2D eigenvalue weighted by molar-refractivity contribution is 9.10. The maximum absolute atomic E-state index is 3.47. The first kappa shape index (κ1) is 8.73. The van der Waals surface area contributed by atoms with Crippen molar-refractivity contribution in [1.82, 2.24) is 0 Å². The fourth-order valence-corrected chi connectivity index (χ4v) is 3.35. The molecule has 3 heteroatoms. The van der Waals surface area contributed by atoms with Crippen LogP contribution >= 0.6 is 43.2 Å². The standard InChI is InChI=1S/C9H6Br2S/c10-4-6-5-12-9-3-7(11)1-2-8(6)9/h1-3,5H,4H2. The van der Waals surface area contributed by atoms with E-state index in [9.17, 15) is 0 Å². The van der Waals surface area contributed by atoms with Crippen LogP contribution in [0.1, 0.15) is 5.56 Å². The number of alkyl halides is 1. The van der Waals surface area contributed by atoms with E-state index in [4.69, 9.17) is 0 Å². The van der Waals surface area contributed by atoms with E-state index >= 15 is 0 Å². The molecule has 0 unspecified atom stereocenters. The Morgan fingerprint density at radius 1 is 1.33 bits per heavy atom. The van der Waals surface area contributed by atoms with Crippen LogP contribution in [-0.2, 0) is 5.33 Å². The second-order valence-corrected chi connectivity index (χ2v) is 4.92. The third-order valence-electron chi connectivity index (χ3n) is 1.76. The maximum Gasteiger partial charge on any atom is 0.0357 e. The molecule has 2 rings (SSSR count). The Bertz CT molecular complexity index is 406. The van der Waals surface area contributed by atoms with Gasteiger partial charge < -0.3 is 0 Å². The zero-order valence-corrected chi connectivity index (χ0v) is 10.2. The van der Waals surface area contributed by atoms with Gasteiger partial charge in [-0.1, -0.05) is 37.9 Å². The van der Waals surface area contributed by atoms with Gasteiger partial charge in [0, 0.05) is 14.5 Å². The molecule has 0 saturated heterocycles. The summed E-state index contributed by atoms with van der Waals surface area (Å²) >= 11 is 8.72. The number of halogens is 2. The van der Waals surface area contributed by atoms with Gasteiger partial charge in [0.1, 0.15) is 0 Å². The Morgan fingerprint density at radius 3 is 2.92 bits per heavy atom. The molecule has 1 aromatic heterocycles. The smallest absolute Gasteiger partial charge is 0.0357 e. The molecular weight excluding hydrogens is 300 g/mol. The molecule has 0 bridgehead atoms. The zero-order valence-electron chi connectivity index (χ0n) is 6.18. The SMILES string of the molecule is BrCc1csc2cc(Br)ccc12. The van der Waals surface area contributed by atoms with E-state index in [1.165, 1.54) is 15.6 Å². The molecule has 0 N–H and O–H groups in total. The first-order valence-corrected chi connectivity index (χ1v) is 6.32. The van der Waals surface area contributed by atoms with Gasteiger partial charge in [0.25, 0.3) is 0 Å². The summed E-state index contributed by atoms with van der Waals surface area (Å²) in [6, 6.07) is 6.40. The number of benzene rings is 1. The Labute approximate surface area is 91.9 Å². The molecule has 62 valence electrons. The van der Waals surface area contributed by atoms with Crippen molar-refractivity contribution >= 4 is 53.3 Å². The second-order valence-electron chi connectivity index (χ2n) is 2.54. The van der Waals surface area contributed by atoms with E-state index in [0.29, 0.717) is 0 Å². The van der Waals surface area contributed by atoms with Gasteiger partial charge in [-0.3, -0.25) is 0 Å². The number of rotatable bonds is 1. The van der Waals surface area contributed by atoms with Crippen LogP contribution in [0.5, 0.6) is 0 Å². The number of thiophene rings is 1. The van der Waals surface area contributed by atoms with E-state index < -0.39 is 0 Å². The van der Waals surface area contributed by atoms with Gasteiger partial charge in [-0.15, -0.1) is 11.3 Å². The lowest BCUT2D eigenvalue weighted by molar-refractivity contribution is 1.54. The van der Waals surface area contributed by atoms with Crippen LogP contribution in [0, 0.1) is 0 Å². The van der Waals surface area contributed by atoms with E-state index in [0.717, 1.165) is 9.80 Å². The molecule has 0 amide bonds. The number of hydrogen-bond acceptors (Lipinski definition) is 1. The average Bonchev–Trinajstić information content (AvgIpc) is 2.46. The van der Waals surface area contributed by atoms with Crippen molar-refractivity contribution in [2.24, 2.45) is 0 Å². The van der Waals surface area contributed by atoms with Gasteiger partial charge in [0.15, 0.2) is 0 Å². The lowest BCUT2D eigenvalue weighted by Gasteiger charge is -1.93. The van der Waals surface area contributed by atoms with E-state index in [1.807, 2.05) is 0 Å². The normalized spacial score (nSPS) is 10.8. The van der Waals surface area contributed by atoms with Crippen LogP contribution in [0.3, 0.4) is 0 Å². The predicted octanol–water partition coefficient (Wildman–Crippen LogP) is 4.56. The minimum atomic E-state index is 0.939. The van der Waals surface area contributed by atoms with Gasteiger partial charge in [0.05, 0.1) is 0 Å². The van der Waals surface area contributed by atoms with Crippen LogP contribution in [0.2, 0.25) is 0 Å². The first-order valence-electron chi connectivity index (χ1n) is 3.53. The Kier molecular flexibility index (Phi) is 2.53. The molecule has 0 aliphatic heterocycles. The molecule has 0 aliphatic rings. The third-order valence-corrected chi connectivity index (χ3v) is 3.85. The summed E-state index contributed by atoms with van der Waals surface area (Å²) < 4.78 is 2.50. The molecule has 0 spiro atoms. The minimum absolute atomic E-state index is 0.939. The molecule has 0 fully saturated rings. The van der Waals surface area contributed by atoms with Crippen LogP contribution in [0.25, 0.3) is 10.1 Å². The maximum atomic E-state index is 3.47. The number of fused-ring (bicyclic) bond motifs is 1. The lowest BCUT2D eigenvalue weighted by atomic mass is 10.2. The van der Waals surface area contributed by atoms with Crippen LogP contribution in [0.15, 0.2) is 28.1 Å². The minimum Gasteiger partial charge on any atom is -0.143 e. The Morgan fingerprint density at radius 2 is 2.17 bits per heavy atom. The summed E-state index contributed by atoms with van der Waals surface area (Å²) in [7, 11) is 0. The molecule has 1 aromatic carbocycles. The fraction of sp³-hybridized carbons (Fsp3) is 0.111. The summed E-state index contributed by atoms with van der Waals surface area (Å²) in [5.41, 5.74) is 1.38. The van der Waals surface area contributed by atoms with Crippen LogP contribution < -0.4 is 0 Å². The zero-order chi connectivity index (χ0) is 8.55. The lowest BCUT2D eigenvalue weighted by Crippen LogP contribution is -1.71. The molecule has 1 heterocycles. The highest BCUT2D eigenvalue weighted by atomic mass is 79.9. The Hall–Kier alpha value is 0.140. The number of hydrogen-bond donors (Lipinski definition) is 0. The summed E-state index contributed by atoms with van der Waals surface area (Å²) in [6.45, 7) is 0. The van der Waals surface area contributed by atoms with Crippen molar-refractivity contribution in [2.45, 2.75) is 5.33 Å². The van der Waals surface area contributed by atoms with Gasteiger partial charge >= 0.3 is 0 Å². The van der Waals surface area contributed by atoms with Crippen molar-refractivity contribution < 1.29 is 0 Å². The molecule has 0 aliphatic carbocycles. The van der Waals surface area contributed by atoms with Crippen molar-refractivity contribution in [2.75, 3.05) is 0 Å². The van der Waals surface area contributed by atoms with Crippen molar-refractivity contribution in [1.29, 1.82) is 0 Å². The largest absolute Gasteiger partial charge is 0.143 e. The van der Waals surface area contributed by atoms with Gasteiger partial charge in [-0.25, -0.2) is 0 Å². The summed E-state index contributed by atoms with van der Waals surface area (Å²) in [4.78, 5) is 0. The summed E-state index contributed by atoms with van der Waals surface area (Å²) in [6.07, 6.45) is 0. The summed E-state index contributed by atoms with van der Waals surface area (Å²) in [5, 5.41) is 4.50. The summed E-state index contributed by atoms with van der Waals surface area (Å²) in [5.74, 6) is 0. The van der Waals surface area contributed by atoms with Gasteiger partial charge in [-0.2, -0.15) is 0 Å². The van der Waals surface area contributed by atoms with Gasteiger partial charge in [-0.05, 0) is 28.5 Å². The quantitative estimate of drug-likeness (QED) is 0.678. The molecule has 0 saturated carbocycles. The van der Waals surface area contributed by atoms with E-state index in [1.54, 1.807) is 11.3 Å². The molecule has 0 radical (unpaired) electrons. The molecule has 2 aromatic rings. The van der Waals surface area contributed by atoms with Crippen LogP contribution in [0.4, 0.5) is 0 Å². The molecule has 0 atom stereocenters. The first-order chi connectivity index (χ1) is 5.81. The molecule has 12 heavy (non-hydrogen) atoms. The second kappa shape index (κ2) is 3.48. The highest BCUT2D eigenvalue weighted by Gasteiger charge is 2.01. The molecule has 0 nitrogen and oxygen atoms in total. The average molecular weight is 306 g/mol. The topological polar surface area (TPSA) is 0 Å². The van der Waals surface area contributed by atoms with E-state index in [2.05, 4.69) is 55.4 Å². The Balaban J connectivity index is 2.73. The fourth-order valence-electron chi connectivity index (χ4n) is 1.16. The van der Waals surface area contributed by atoms with Crippen LogP contribution in [-0.4, -0.2) is 0 Å². The van der Waals surface area contributed by atoms with Crippen molar-refractivity contribution in [3.63, 3.8) is 0 Å². The van der Waals surface area contributed by atoms with E-state index in [-0.39, 0.29) is 0 Å². The molecular formula is C9H6Br2S. The highest BCUT2D eigenvalue weighted by Crippen LogP contribution is 2.29. The predicted molar refractivity (Wildman–Crippen MR) is 62.2 cm³/mol. The monoisotopic (exact) mass is 304 g/mol.